The molecule has 0 atom stereocenters. The van der Waals surface area contributed by atoms with Crippen LogP contribution in [-0.4, -0.2) is 44.7 Å². The second kappa shape index (κ2) is 4.49. The summed E-state index contributed by atoms with van der Waals surface area (Å²) in [5, 5.41) is 10.2. The van der Waals surface area contributed by atoms with Crippen molar-refractivity contribution in [2.45, 2.75) is 31.3 Å². The molecule has 1 aliphatic carbocycles. The average Bonchev–Trinajstić information content (AvgIpc) is 2.86. The first-order chi connectivity index (χ1) is 8.00. The number of hydrogen-bond donors (Lipinski definition) is 1. The number of carbonyl (C=O) groups is 1. The SMILES string of the molecule is CN(CC1(O)CCCC1)C(=O)c1cn(C)cn1. The molecular formula is C12H19N3O2. The molecule has 5 heteroatoms. The molecule has 0 unspecified atom stereocenters. The lowest BCUT2D eigenvalue weighted by atomic mass is 10.0. The third-order valence-corrected chi connectivity index (χ3v) is 3.34. The second-order valence-electron chi connectivity index (χ2n) is 5.02. The van der Waals surface area contributed by atoms with Crippen LogP contribution in [-0.2, 0) is 7.05 Å². The fourth-order valence-corrected chi connectivity index (χ4v) is 2.42. The topological polar surface area (TPSA) is 58.4 Å². The second-order valence-corrected chi connectivity index (χ2v) is 5.02. The van der Waals surface area contributed by atoms with E-state index in [1.54, 1.807) is 29.0 Å². The predicted molar refractivity (Wildman–Crippen MR) is 63.6 cm³/mol. The van der Waals surface area contributed by atoms with Crippen LogP contribution in [0.5, 0.6) is 0 Å². The zero-order valence-corrected chi connectivity index (χ0v) is 10.4. The van der Waals surface area contributed by atoms with Crippen molar-refractivity contribution < 1.29 is 9.90 Å². The number of amides is 1. The molecule has 5 nitrogen and oxygen atoms in total. The number of nitrogens with zero attached hydrogens (tertiary/aromatic N) is 3. The molecular weight excluding hydrogens is 218 g/mol. The van der Waals surface area contributed by atoms with Crippen LogP contribution in [0, 0.1) is 0 Å². The Hall–Kier alpha value is -1.36. The molecule has 1 amide bonds. The summed E-state index contributed by atoms with van der Waals surface area (Å²) in [6, 6.07) is 0. The Bertz CT molecular complexity index is 408. The van der Waals surface area contributed by atoms with Crippen molar-refractivity contribution in [2.24, 2.45) is 7.05 Å². The van der Waals surface area contributed by atoms with Gasteiger partial charge in [0.05, 0.1) is 11.9 Å². The molecule has 0 spiro atoms. The van der Waals surface area contributed by atoms with E-state index in [9.17, 15) is 9.90 Å². The minimum absolute atomic E-state index is 0.133. The Balaban J connectivity index is 2.00. The summed E-state index contributed by atoms with van der Waals surface area (Å²) in [5.74, 6) is -0.133. The van der Waals surface area contributed by atoms with Crippen molar-refractivity contribution in [3.8, 4) is 0 Å². The zero-order valence-electron chi connectivity index (χ0n) is 10.4. The molecule has 0 bridgehead atoms. The van der Waals surface area contributed by atoms with E-state index in [0.717, 1.165) is 25.7 Å². The van der Waals surface area contributed by atoms with Gasteiger partial charge in [0, 0.05) is 26.8 Å². The van der Waals surface area contributed by atoms with E-state index >= 15 is 0 Å². The summed E-state index contributed by atoms with van der Waals surface area (Å²) < 4.78 is 1.74. The van der Waals surface area contributed by atoms with Crippen molar-refractivity contribution in [1.29, 1.82) is 0 Å². The maximum Gasteiger partial charge on any atom is 0.273 e. The van der Waals surface area contributed by atoms with E-state index in [1.807, 2.05) is 7.05 Å². The first kappa shape index (κ1) is 12.1. The van der Waals surface area contributed by atoms with Gasteiger partial charge in [0.1, 0.15) is 5.69 Å². The minimum Gasteiger partial charge on any atom is -0.388 e. The molecule has 17 heavy (non-hydrogen) atoms. The number of aryl methyl sites for hydroxylation is 1. The Morgan fingerprint density at radius 3 is 2.76 bits per heavy atom. The molecule has 1 saturated carbocycles. The average molecular weight is 237 g/mol. The number of hydrogen-bond acceptors (Lipinski definition) is 3. The van der Waals surface area contributed by atoms with Crippen molar-refractivity contribution >= 4 is 5.91 Å². The number of rotatable bonds is 3. The molecule has 1 fully saturated rings. The largest absolute Gasteiger partial charge is 0.388 e. The van der Waals surface area contributed by atoms with Crippen molar-refractivity contribution in [3.63, 3.8) is 0 Å². The number of aliphatic hydroxyl groups is 1. The lowest BCUT2D eigenvalue weighted by Crippen LogP contribution is -2.42. The minimum atomic E-state index is -0.695. The van der Waals surface area contributed by atoms with Gasteiger partial charge in [-0.1, -0.05) is 12.8 Å². The Kier molecular flexibility index (Phi) is 3.19. The van der Waals surface area contributed by atoms with E-state index in [-0.39, 0.29) is 5.91 Å². The number of carbonyl (C=O) groups excluding carboxylic acids is 1. The first-order valence-corrected chi connectivity index (χ1v) is 5.96. The van der Waals surface area contributed by atoms with Gasteiger partial charge < -0.3 is 14.6 Å². The molecule has 94 valence electrons. The highest BCUT2D eigenvalue weighted by Gasteiger charge is 2.33. The van der Waals surface area contributed by atoms with Gasteiger partial charge >= 0.3 is 0 Å². The molecule has 0 aliphatic heterocycles. The Morgan fingerprint density at radius 1 is 1.59 bits per heavy atom. The third-order valence-electron chi connectivity index (χ3n) is 3.34. The third kappa shape index (κ3) is 2.66. The maximum absolute atomic E-state index is 12.0. The Labute approximate surface area is 101 Å². The van der Waals surface area contributed by atoms with E-state index in [1.165, 1.54) is 0 Å². The normalized spacial score (nSPS) is 18.3. The van der Waals surface area contributed by atoms with Crippen LogP contribution in [0.15, 0.2) is 12.5 Å². The van der Waals surface area contributed by atoms with Crippen LogP contribution in [0.25, 0.3) is 0 Å². The van der Waals surface area contributed by atoms with Crippen LogP contribution >= 0.6 is 0 Å². The predicted octanol–water partition coefficient (Wildman–Crippen LogP) is 0.797. The maximum atomic E-state index is 12.0. The van der Waals surface area contributed by atoms with Crippen molar-refractivity contribution in [1.82, 2.24) is 14.5 Å². The quantitative estimate of drug-likeness (QED) is 0.846. The van der Waals surface area contributed by atoms with Crippen LogP contribution in [0.1, 0.15) is 36.2 Å². The monoisotopic (exact) mass is 237 g/mol. The molecule has 0 radical (unpaired) electrons. The van der Waals surface area contributed by atoms with Gasteiger partial charge in [0.15, 0.2) is 0 Å². The highest BCUT2D eigenvalue weighted by molar-refractivity contribution is 5.91. The lowest BCUT2D eigenvalue weighted by molar-refractivity contribution is 0.0155. The molecule has 1 aliphatic rings. The number of aromatic nitrogens is 2. The zero-order chi connectivity index (χ0) is 12.5. The van der Waals surface area contributed by atoms with Crippen LogP contribution in [0.4, 0.5) is 0 Å². The first-order valence-electron chi connectivity index (χ1n) is 5.96. The number of imidazole rings is 1. The van der Waals surface area contributed by atoms with Gasteiger partial charge in [-0.3, -0.25) is 4.79 Å². The molecule has 1 aromatic rings. The summed E-state index contributed by atoms with van der Waals surface area (Å²) in [4.78, 5) is 17.6. The fraction of sp³-hybridized carbons (Fsp3) is 0.667. The van der Waals surface area contributed by atoms with Gasteiger partial charge in [0.2, 0.25) is 0 Å². The number of likely N-dealkylation sites (N-methyl/N-ethyl adjacent to an activating group) is 1. The smallest absolute Gasteiger partial charge is 0.273 e. The van der Waals surface area contributed by atoms with Gasteiger partial charge in [0.25, 0.3) is 5.91 Å². The van der Waals surface area contributed by atoms with E-state index in [2.05, 4.69) is 4.98 Å². The van der Waals surface area contributed by atoms with Gasteiger partial charge in [-0.2, -0.15) is 0 Å². The molecule has 1 heterocycles. The van der Waals surface area contributed by atoms with Crippen LogP contribution < -0.4 is 0 Å². The summed E-state index contributed by atoms with van der Waals surface area (Å²) in [7, 11) is 3.54. The van der Waals surface area contributed by atoms with Crippen LogP contribution in [0.3, 0.4) is 0 Å². The summed E-state index contributed by atoms with van der Waals surface area (Å²) in [5.41, 5.74) is -0.268. The molecule has 1 aromatic heterocycles. The van der Waals surface area contributed by atoms with E-state index < -0.39 is 5.60 Å². The molecule has 0 aromatic carbocycles. The highest BCUT2D eigenvalue weighted by atomic mass is 16.3. The van der Waals surface area contributed by atoms with E-state index in [4.69, 9.17) is 0 Å². The van der Waals surface area contributed by atoms with Crippen molar-refractivity contribution in [2.75, 3.05) is 13.6 Å². The summed E-state index contributed by atoms with van der Waals surface area (Å²) in [6.45, 7) is 0.391. The summed E-state index contributed by atoms with van der Waals surface area (Å²) >= 11 is 0. The molecule has 0 saturated heterocycles. The van der Waals surface area contributed by atoms with E-state index in [0.29, 0.717) is 12.2 Å². The lowest BCUT2D eigenvalue weighted by Gasteiger charge is -2.28. The Morgan fingerprint density at radius 2 is 2.24 bits per heavy atom. The van der Waals surface area contributed by atoms with Gasteiger partial charge in [-0.05, 0) is 12.8 Å². The fourth-order valence-electron chi connectivity index (χ4n) is 2.42. The van der Waals surface area contributed by atoms with Gasteiger partial charge in [-0.25, -0.2) is 4.98 Å². The molecule has 1 N–H and O–H groups in total. The molecule has 2 rings (SSSR count). The summed E-state index contributed by atoms with van der Waals surface area (Å²) in [6.07, 6.45) is 6.95. The standard InChI is InChI=1S/C12H19N3O2/c1-14-7-10(13-9-14)11(16)15(2)8-12(17)5-3-4-6-12/h7,9,17H,3-6,8H2,1-2H3. The van der Waals surface area contributed by atoms with Crippen LogP contribution in [0.2, 0.25) is 0 Å². The van der Waals surface area contributed by atoms with Gasteiger partial charge in [-0.15, -0.1) is 0 Å². The van der Waals surface area contributed by atoms with Crippen molar-refractivity contribution in [3.05, 3.63) is 18.2 Å². The highest BCUT2D eigenvalue weighted by Crippen LogP contribution is 2.30.